The van der Waals surface area contributed by atoms with E-state index >= 15 is 0 Å². The molecule has 4 nitrogen and oxygen atoms in total. The molecule has 0 atom stereocenters. The third-order valence-electron chi connectivity index (χ3n) is 1.86. The van der Waals surface area contributed by atoms with Crippen molar-refractivity contribution in [3.8, 4) is 11.6 Å². The highest BCUT2D eigenvalue weighted by Gasteiger charge is 2.02. The van der Waals surface area contributed by atoms with Crippen LogP contribution in [0.2, 0.25) is 0 Å². The van der Waals surface area contributed by atoms with Gasteiger partial charge in [-0.1, -0.05) is 13.8 Å². The number of hydrogen-bond donors (Lipinski definition) is 1. The van der Waals surface area contributed by atoms with Gasteiger partial charge in [-0.3, -0.25) is 4.98 Å². The van der Waals surface area contributed by atoms with Gasteiger partial charge in [0.15, 0.2) is 0 Å². The quantitative estimate of drug-likeness (QED) is 0.862. The van der Waals surface area contributed by atoms with Crippen molar-refractivity contribution in [3.05, 3.63) is 42.4 Å². The normalized spacial score (nSPS) is 9.12. The molecule has 2 aromatic rings. The van der Waals surface area contributed by atoms with E-state index in [-0.39, 0.29) is 0 Å². The van der Waals surface area contributed by atoms with Crippen molar-refractivity contribution in [2.75, 3.05) is 5.73 Å². The minimum absolute atomic E-state index is 0.407. The van der Waals surface area contributed by atoms with Crippen LogP contribution in [0.4, 0.5) is 5.69 Å². The number of rotatable bonds is 2. The molecule has 17 heavy (non-hydrogen) atoms. The molecule has 0 aliphatic heterocycles. The highest BCUT2D eigenvalue weighted by molar-refractivity contribution is 5.48. The first-order valence-corrected chi connectivity index (χ1v) is 5.56. The van der Waals surface area contributed by atoms with Crippen molar-refractivity contribution in [1.82, 2.24) is 9.97 Å². The maximum absolute atomic E-state index is 5.70. The molecule has 0 radical (unpaired) electrons. The van der Waals surface area contributed by atoms with E-state index in [1.54, 1.807) is 30.7 Å². The van der Waals surface area contributed by atoms with Crippen LogP contribution >= 0.6 is 0 Å². The first-order valence-electron chi connectivity index (χ1n) is 5.56. The van der Waals surface area contributed by atoms with Crippen LogP contribution < -0.4 is 10.5 Å². The standard InChI is InChI=1S/C11H11N3O.C2H6/c1-8-5-9(7-13-6-8)15-11-10(12)3-2-4-14-11;1-2/h2-7H,12H2,1H3;1-2H3. The van der Waals surface area contributed by atoms with Gasteiger partial charge < -0.3 is 10.5 Å². The lowest BCUT2D eigenvalue weighted by molar-refractivity contribution is 0.463. The smallest absolute Gasteiger partial charge is 0.242 e. The Balaban J connectivity index is 0.000000686. The zero-order valence-electron chi connectivity index (χ0n) is 10.3. The summed E-state index contributed by atoms with van der Waals surface area (Å²) in [5.74, 6) is 1.05. The Kier molecular flexibility index (Phi) is 4.94. The summed E-state index contributed by atoms with van der Waals surface area (Å²) < 4.78 is 5.49. The Morgan fingerprint density at radius 3 is 2.65 bits per heavy atom. The molecule has 0 amide bonds. The van der Waals surface area contributed by atoms with E-state index in [1.165, 1.54) is 0 Å². The Morgan fingerprint density at radius 2 is 2.00 bits per heavy atom. The summed E-state index contributed by atoms with van der Waals surface area (Å²) in [6.07, 6.45) is 5.02. The molecular weight excluding hydrogens is 214 g/mol. The third-order valence-corrected chi connectivity index (χ3v) is 1.86. The highest BCUT2D eigenvalue weighted by atomic mass is 16.5. The number of anilines is 1. The van der Waals surface area contributed by atoms with Crippen molar-refractivity contribution >= 4 is 5.69 Å². The molecule has 0 spiro atoms. The molecule has 0 aliphatic rings. The molecule has 0 saturated carbocycles. The van der Waals surface area contributed by atoms with E-state index in [0.717, 1.165) is 5.56 Å². The molecule has 2 aromatic heterocycles. The summed E-state index contributed by atoms with van der Waals surface area (Å²) in [6.45, 7) is 5.95. The minimum atomic E-state index is 0.407. The summed E-state index contributed by atoms with van der Waals surface area (Å²) in [5.41, 5.74) is 7.24. The van der Waals surface area contributed by atoms with Crippen LogP contribution in [-0.4, -0.2) is 9.97 Å². The lowest BCUT2D eigenvalue weighted by Gasteiger charge is -2.06. The van der Waals surface area contributed by atoms with Crippen LogP contribution in [0.3, 0.4) is 0 Å². The van der Waals surface area contributed by atoms with Crippen molar-refractivity contribution in [1.29, 1.82) is 0 Å². The van der Waals surface area contributed by atoms with Gasteiger partial charge in [-0.15, -0.1) is 0 Å². The largest absolute Gasteiger partial charge is 0.435 e. The van der Waals surface area contributed by atoms with Crippen LogP contribution in [0, 0.1) is 6.92 Å². The molecule has 0 aliphatic carbocycles. The van der Waals surface area contributed by atoms with Gasteiger partial charge in [-0.25, -0.2) is 4.98 Å². The molecule has 0 bridgehead atoms. The Morgan fingerprint density at radius 1 is 1.24 bits per heavy atom. The first-order chi connectivity index (χ1) is 8.25. The zero-order chi connectivity index (χ0) is 12.7. The van der Waals surface area contributed by atoms with E-state index in [1.807, 2.05) is 26.8 Å². The Labute approximate surface area is 101 Å². The fourth-order valence-electron chi connectivity index (χ4n) is 1.18. The number of nitrogen functional groups attached to an aromatic ring is 1. The van der Waals surface area contributed by atoms with Gasteiger partial charge >= 0.3 is 0 Å². The molecule has 2 heterocycles. The Hall–Kier alpha value is -2.10. The third kappa shape index (κ3) is 3.75. The molecule has 0 saturated heterocycles. The van der Waals surface area contributed by atoms with Crippen LogP contribution in [0.1, 0.15) is 19.4 Å². The van der Waals surface area contributed by atoms with E-state index in [4.69, 9.17) is 10.5 Å². The predicted molar refractivity (Wildman–Crippen MR) is 69.0 cm³/mol. The average Bonchev–Trinajstić information content (AvgIpc) is 2.35. The van der Waals surface area contributed by atoms with E-state index in [2.05, 4.69) is 9.97 Å². The molecular formula is C13H17N3O. The van der Waals surface area contributed by atoms with Crippen LogP contribution in [0.15, 0.2) is 36.8 Å². The fraction of sp³-hybridized carbons (Fsp3) is 0.231. The number of aromatic nitrogens is 2. The number of nitrogens with zero attached hydrogens (tertiary/aromatic N) is 2. The van der Waals surface area contributed by atoms with Gasteiger partial charge in [-0.05, 0) is 30.7 Å². The number of nitrogens with two attached hydrogens (primary N) is 1. The lowest BCUT2D eigenvalue weighted by Crippen LogP contribution is -1.94. The van der Waals surface area contributed by atoms with Crippen LogP contribution in [0.5, 0.6) is 11.6 Å². The summed E-state index contributed by atoms with van der Waals surface area (Å²) >= 11 is 0. The van der Waals surface area contributed by atoms with E-state index in [9.17, 15) is 0 Å². The second-order valence-corrected chi connectivity index (χ2v) is 3.20. The fourth-order valence-corrected chi connectivity index (χ4v) is 1.18. The number of hydrogen-bond acceptors (Lipinski definition) is 4. The summed E-state index contributed by atoms with van der Waals surface area (Å²) in [4.78, 5) is 8.04. The van der Waals surface area contributed by atoms with E-state index in [0.29, 0.717) is 17.3 Å². The number of pyridine rings is 2. The minimum Gasteiger partial charge on any atom is -0.435 e. The van der Waals surface area contributed by atoms with Gasteiger partial charge in [0.1, 0.15) is 5.75 Å². The second-order valence-electron chi connectivity index (χ2n) is 3.20. The van der Waals surface area contributed by atoms with Crippen molar-refractivity contribution < 1.29 is 4.74 Å². The van der Waals surface area contributed by atoms with Gasteiger partial charge in [0, 0.05) is 12.4 Å². The molecule has 90 valence electrons. The SMILES string of the molecule is CC.Cc1cncc(Oc2ncccc2N)c1. The van der Waals surface area contributed by atoms with Crippen molar-refractivity contribution in [2.24, 2.45) is 0 Å². The summed E-state index contributed by atoms with van der Waals surface area (Å²) in [5, 5.41) is 0. The van der Waals surface area contributed by atoms with Crippen LogP contribution in [0.25, 0.3) is 0 Å². The summed E-state index contributed by atoms with van der Waals surface area (Å²) in [6, 6.07) is 5.38. The number of aryl methyl sites for hydroxylation is 1. The molecule has 0 aromatic carbocycles. The topological polar surface area (TPSA) is 61.0 Å². The van der Waals surface area contributed by atoms with E-state index < -0.39 is 0 Å². The molecule has 4 heteroatoms. The average molecular weight is 231 g/mol. The predicted octanol–water partition coefficient (Wildman–Crippen LogP) is 3.19. The lowest BCUT2D eigenvalue weighted by atomic mass is 10.3. The zero-order valence-corrected chi connectivity index (χ0v) is 10.3. The van der Waals surface area contributed by atoms with Gasteiger partial charge in [-0.2, -0.15) is 0 Å². The maximum atomic E-state index is 5.70. The molecule has 2 N–H and O–H groups in total. The second kappa shape index (κ2) is 6.48. The molecule has 0 unspecified atom stereocenters. The Bertz CT molecular complexity index is 472. The van der Waals surface area contributed by atoms with Gasteiger partial charge in [0.05, 0.1) is 11.9 Å². The van der Waals surface area contributed by atoms with Gasteiger partial charge in [0.25, 0.3) is 0 Å². The van der Waals surface area contributed by atoms with Crippen molar-refractivity contribution in [3.63, 3.8) is 0 Å². The molecule has 0 fully saturated rings. The molecule has 2 rings (SSSR count). The van der Waals surface area contributed by atoms with Crippen LogP contribution in [-0.2, 0) is 0 Å². The maximum Gasteiger partial charge on any atom is 0.242 e. The number of ether oxygens (including phenoxy) is 1. The van der Waals surface area contributed by atoms with Crippen molar-refractivity contribution in [2.45, 2.75) is 20.8 Å². The monoisotopic (exact) mass is 231 g/mol. The highest BCUT2D eigenvalue weighted by Crippen LogP contribution is 2.23. The first kappa shape index (κ1) is 13.0. The van der Waals surface area contributed by atoms with Gasteiger partial charge in [0.2, 0.25) is 5.88 Å². The summed E-state index contributed by atoms with van der Waals surface area (Å²) in [7, 11) is 0.